The van der Waals surface area contributed by atoms with E-state index in [-0.39, 0.29) is 0 Å². The summed E-state index contributed by atoms with van der Waals surface area (Å²) in [6.07, 6.45) is 65.4. The maximum atomic E-state index is 3.21. The fourth-order valence-electron chi connectivity index (χ4n) is 16.1. The Kier molecular flexibility index (Phi) is 29.6. The van der Waals surface area contributed by atoms with Gasteiger partial charge >= 0.3 is 0 Å². The van der Waals surface area contributed by atoms with Crippen LogP contribution in [0.2, 0.25) is 0 Å². The molecule has 4 fully saturated rings. The predicted molar refractivity (Wildman–Crippen MR) is 288 cm³/mol. The molecule has 4 saturated carbocycles. The number of rotatable bonds is 40. The van der Waals surface area contributed by atoms with Crippen molar-refractivity contribution >= 4 is 0 Å². The zero-order valence-electron chi connectivity index (χ0n) is 45.6. The first-order valence-corrected chi connectivity index (χ1v) is 31.0. The van der Waals surface area contributed by atoms with Gasteiger partial charge in [0.05, 0.1) is 0 Å². The normalized spacial score (nSPS) is 28.5. The fraction of sp³-hybridized carbons (Fsp3) is 1.00. The summed E-state index contributed by atoms with van der Waals surface area (Å²) in [6, 6.07) is 0.850. The van der Waals surface area contributed by atoms with Gasteiger partial charge in [0.25, 0.3) is 0 Å². The second-order valence-corrected chi connectivity index (χ2v) is 25.1. The van der Waals surface area contributed by atoms with Crippen molar-refractivity contribution in [3.63, 3.8) is 0 Å². The molecule has 1 heteroatoms. The molecule has 0 spiro atoms. The molecule has 64 heavy (non-hydrogen) atoms. The SMILES string of the molecule is CCCCCCCCCCCCCCCCCCN(CCCCCCCCCCCCCCCCCC)C1CCCC2CC[C@@H]3[C@H](CC[C@]4(C)[C@@H]([C@H](C)CCCC(C)C)CC[C@@H]34)[C@]21C. The second-order valence-electron chi connectivity index (χ2n) is 25.1. The van der Waals surface area contributed by atoms with E-state index in [1.165, 1.54) is 251 Å². The van der Waals surface area contributed by atoms with Gasteiger partial charge in [0.2, 0.25) is 0 Å². The van der Waals surface area contributed by atoms with Crippen LogP contribution >= 0.6 is 0 Å². The van der Waals surface area contributed by atoms with Crippen LogP contribution in [0.15, 0.2) is 0 Å². The summed E-state index contributed by atoms with van der Waals surface area (Å²) in [7, 11) is 0. The zero-order valence-corrected chi connectivity index (χ0v) is 45.6. The van der Waals surface area contributed by atoms with E-state index >= 15 is 0 Å². The number of fused-ring (bicyclic) bond motifs is 5. The lowest BCUT2D eigenvalue weighted by molar-refractivity contribution is -0.149. The van der Waals surface area contributed by atoms with Crippen molar-refractivity contribution in [3.8, 4) is 0 Å². The van der Waals surface area contributed by atoms with Gasteiger partial charge in [0, 0.05) is 6.04 Å². The minimum absolute atomic E-state index is 0.549. The summed E-state index contributed by atoms with van der Waals surface area (Å²) >= 11 is 0. The highest BCUT2D eigenvalue weighted by Gasteiger charge is 2.62. The van der Waals surface area contributed by atoms with Crippen molar-refractivity contribution in [1.29, 1.82) is 0 Å². The highest BCUT2D eigenvalue weighted by molar-refractivity contribution is 5.12. The van der Waals surface area contributed by atoms with E-state index in [0.717, 1.165) is 47.5 Å². The molecule has 0 bridgehead atoms. The molecule has 0 aromatic heterocycles. The Labute approximate surface area is 405 Å². The van der Waals surface area contributed by atoms with Crippen molar-refractivity contribution in [1.82, 2.24) is 4.90 Å². The van der Waals surface area contributed by atoms with E-state index in [1.807, 2.05) is 0 Å². The molecule has 378 valence electrons. The van der Waals surface area contributed by atoms with Crippen LogP contribution in [0, 0.1) is 52.3 Å². The van der Waals surface area contributed by atoms with Gasteiger partial charge < -0.3 is 0 Å². The molecule has 9 atom stereocenters. The lowest BCUT2D eigenvalue weighted by Crippen LogP contribution is -2.62. The van der Waals surface area contributed by atoms with Gasteiger partial charge in [-0.15, -0.1) is 0 Å². The Morgan fingerprint density at radius 3 is 1.30 bits per heavy atom. The Balaban J connectivity index is 1.24. The van der Waals surface area contributed by atoms with Crippen LogP contribution in [0.4, 0.5) is 0 Å². The van der Waals surface area contributed by atoms with E-state index < -0.39 is 0 Å². The molecule has 4 aliphatic carbocycles. The molecule has 1 nitrogen and oxygen atoms in total. The minimum Gasteiger partial charge on any atom is -0.300 e. The topological polar surface area (TPSA) is 3.24 Å². The van der Waals surface area contributed by atoms with Crippen molar-refractivity contribution in [3.05, 3.63) is 0 Å². The van der Waals surface area contributed by atoms with Crippen molar-refractivity contribution in [2.45, 2.75) is 337 Å². The van der Waals surface area contributed by atoms with Gasteiger partial charge in [0.1, 0.15) is 0 Å². The molecule has 0 amide bonds. The summed E-state index contributed by atoms with van der Waals surface area (Å²) in [6.45, 7) is 20.8. The van der Waals surface area contributed by atoms with Gasteiger partial charge in [0.15, 0.2) is 0 Å². The molecular formula is C63H121N. The molecule has 0 radical (unpaired) electrons. The highest BCUT2D eigenvalue weighted by atomic mass is 15.2. The molecule has 2 unspecified atom stereocenters. The summed E-state index contributed by atoms with van der Waals surface area (Å²) in [5, 5.41) is 0. The largest absolute Gasteiger partial charge is 0.300 e. The molecule has 0 saturated heterocycles. The van der Waals surface area contributed by atoms with Crippen LogP contribution in [-0.2, 0) is 0 Å². The summed E-state index contributed by atoms with van der Waals surface area (Å²) in [5.41, 5.74) is 1.17. The molecule has 0 heterocycles. The average molecular weight is 893 g/mol. The standard InChI is InChI=1S/C63H121N/c1-8-10-12-14-16-18-20-22-24-26-28-30-32-34-36-38-52-64(53-39-37-35-33-31-29-27-25-23-21-19-17-15-13-11-9-2)61-45-41-44-56-46-47-57-59-49-48-58(55(5)43-40-42-54(3)4)62(59,6)51-50-60(57)63(56,61)7/h54-61H,8-53H2,1-7H3/t55-,56?,57+,58-,59+,60+,61?,62-,63+/m1/s1. The van der Waals surface area contributed by atoms with E-state index in [2.05, 4.69) is 53.4 Å². The van der Waals surface area contributed by atoms with Gasteiger partial charge in [-0.05, 0) is 130 Å². The van der Waals surface area contributed by atoms with Crippen LogP contribution in [-0.4, -0.2) is 24.0 Å². The summed E-state index contributed by atoms with van der Waals surface area (Å²) in [5.74, 6) is 6.78. The van der Waals surface area contributed by atoms with E-state index in [9.17, 15) is 0 Å². The first-order valence-electron chi connectivity index (χ1n) is 31.0. The van der Waals surface area contributed by atoms with Crippen molar-refractivity contribution in [2.75, 3.05) is 13.1 Å². The quantitative estimate of drug-likeness (QED) is 0.0554. The Bertz CT molecular complexity index is 1060. The Morgan fingerprint density at radius 2 is 0.859 bits per heavy atom. The molecule has 0 aliphatic heterocycles. The number of hydrogen-bond acceptors (Lipinski definition) is 1. The van der Waals surface area contributed by atoms with Gasteiger partial charge in [-0.2, -0.15) is 0 Å². The molecule has 0 aromatic rings. The van der Waals surface area contributed by atoms with E-state index in [1.54, 1.807) is 44.9 Å². The number of unbranched alkanes of at least 4 members (excludes halogenated alkanes) is 30. The van der Waals surface area contributed by atoms with Gasteiger partial charge in [-0.25, -0.2) is 0 Å². The van der Waals surface area contributed by atoms with E-state index in [0.29, 0.717) is 10.8 Å². The monoisotopic (exact) mass is 892 g/mol. The van der Waals surface area contributed by atoms with Crippen LogP contribution < -0.4 is 0 Å². The van der Waals surface area contributed by atoms with Gasteiger partial charge in [-0.1, -0.05) is 267 Å². The molecule has 4 rings (SSSR count). The van der Waals surface area contributed by atoms with Crippen LogP contribution in [0.25, 0.3) is 0 Å². The lowest BCUT2D eigenvalue weighted by atomic mass is 9.43. The smallest absolute Gasteiger partial charge is 0.0154 e. The van der Waals surface area contributed by atoms with Crippen molar-refractivity contribution in [2.24, 2.45) is 52.3 Å². The average Bonchev–Trinajstić information content (AvgIpc) is 3.65. The maximum Gasteiger partial charge on any atom is 0.0154 e. The highest BCUT2D eigenvalue weighted by Crippen LogP contribution is 2.69. The van der Waals surface area contributed by atoms with Crippen LogP contribution in [0.3, 0.4) is 0 Å². The predicted octanol–water partition coefficient (Wildman–Crippen LogP) is 21.3. The third-order valence-electron chi connectivity index (χ3n) is 20.0. The Hall–Kier alpha value is -0.0400. The first kappa shape index (κ1) is 56.5. The third kappa shape index (κ3) is 19.0. The molecule has 0 N–H and O–H groups in total. The lowest BCUT2D eigenvalue weighted by Gasteiger charge is -2.64. The number of hydrogen-bond donors (Lipinski definition) is 0. The molecule has 0 aromatic carbocycles. The maximum absolute atomic E-state index is 3.21. The Morgan fingerprint density at radius 1 is 0.422 bits per heavy atom. The molecule has 4 aliphatic rings. The van der Waals surface area contributed by atoms with Crippen LogP contribution in [0.1, 0.15) is 331 Å². The van der Waals surface area contributed by atoms with Crippen molar-refractivity contribution < 1.29 is 0 Å². The fourth-order valence-corrected chi connectivity index (χ4v) is 16.1. The zero-order chi connectivity index (χ0) is 45.7. The van der Waals surface area contributed by atoms with Gasteiger partial charge in [-0.3, -0.25) is 4.90 Å². The van der Waals surface area contributed by atoms with Crippen LogP contribution in [0.5, 0.6) is 0 Å². The van der Waals surface area contributed by atoms with E-state index in [4.69, 9.17) is 0 Å². The minimum atomic E-state index is 0.549. The second kappa shape index (κ2) is 33.5. The first-order chi connectivity index (χ1) is 31.3. The summed E-state index contributed by atoms with van der Waals surface area (Å²) in [4.78, 5) is 3.21. The third-order valence-corrected chi connectivity index (χ3v) is 20.0. The molecular weight excluding hydrogens is 771 g/mol. The summed E-state index contributed by atoms with van der Waals surface area (Å²) < 4.78 is 0. The number of nitrogens with zero attached hydrogens (tertiary/aromatic N) is 1.